The molecule has 0 atom stereocenters. The van der Waals surface area contributed by atoms with Crippen LogP contribution in [0, 0.1) is 0 Å². The molecule has 0 fully saturated rings. The van der Waals surface area contributed by atoms with Gasteiger partial charge in [0, 0.05) is 6.07 Å². The van der Waals surface area contributed by atoms with Crippen LogP contribution < -0.4 is 14.2 Å². The summed E-state index contributed by atoms with van der Waals surface area (Å²) < 4.78 is 58.4. The van der Waals surface area contributed by atoms with Crippen molar-refractivity contribution < 1.29 is 27.4 Å². The van der Waals surface area contributed by atoms with Crippen LogP contribution in [0.3, 0.4) is 0 Å². The van der Waals surface area contributed by atoms with Crippen molar-refractivity contribution in [2.75, 3.05) is 6.61 Å². The number of hydrogen-bond donors (Lipinski definition) is 0. The van der Waals surface area contributed by atoms with Gasteiger partial charge in [-0.25, -0.2) is 0 Å². The van der Waals surface area contributed by atoms with E-state index >= 15 is 0 Å². The molecule has 3 aromatic carbocycles. The van der Waals surface area contributed by atoms with Crippen LogP contribution in [0.1, 0.15) is 5.56 Å². The molecule has 0 N–H and O–H groups in total. The standard InChI is InChI=1S/C22H15Br2F3O3/c23-20(24)12-13-28-18-10-5-11-19(21(18)22(25,26)27)30-17-9-4-8-16(14-17)29-15-6-2-1-3-7-15/h1-12,14H,13H2. The molecule has 0 heterocycles. The summed E-state index contributed by atoms with van der Waals surface area (Å²) >= 11 is 6.27. The van der Waals surface area contributed by atoms with E-state index in [9.17, 15) is 13.2 Å². The molecule has 0 aliphatic rings. The highest BCUT2D eigenvalue weighted by Gasteiger charge is 2.38. The van der Waals surface area contributed by atoms with E-state index < -0.39 is 11.7 Å². The van der Waals surface area contributed by atoms with Crippen molar-refractivity contribution >= 4 is 31.9 Å². The second-order valence-electron chi connectivity index (χ2n) is 5.92. The Kier molecular flexibility index (Phi) is 7.44. The Morgan fingerprint density at radius 1 is 0.767 bits per heavy atom. The van der Waals surface area contributed by atoms with Crippen molar-refractivity contribution in [1.29, 1.82) is 0 Å². The topological polar surface area (TPSA) is 27.7 Å². The minimum Gasteiger partial charge on any atom is -0.489 e. The molecule has 3 aromatic rings. The summed E-state index contributed by atoms with van der Waals surface area (Å²) in [6, 6.07) is 19.4. The fourth-order valence-electron chi connectivity index (χ4n) is 2.54. The van der Waals surface area contributed by atoms with Crippen molar-refractivity contribution in [2.24, 2.45) is 0 Å². The van der Waals surface area contributed by atoms with E-state index in [0.29, 0.717) is 14.9 Å². The third-order valence-electron chi connectivity index (χ3n) is 3.76. The van der Waals surface area contributed by atoms with Crippen molar-refractivity contribution in [3.8, 4) is 28.7 Å². The monoisotopic (exact) mass is 542 g/mol. The third kappa shape index (κ3) is 6.27. The molecule has 0 bridgehead atoms. The smallest absolute Gasteiger partial charge is 0.423 e. The van der Waals surface area contributed by atoms with Gasteiger partial charge in [0.15, 0.2) is 0 Å². The number of para-hydroxylation sites is 1. The zero-order valence-electron chi connectivity index (χ0n) is 15.3. The summed E-state index contributed by atoms with van der Waals surface area (Å²) in [5.41, 5.74) is -0.988. The average molecular weight is 544 g/mol. The maximum Gasteiger partial charge on any atom is 0.423 e. The van der Waals surface area contributed by atoms with Crippen molar-refractivity contribution in [1.82, 2.24) is 0 Å². The van der Waals surface area contributed by atoms with Crippen LogP contribution in [0.4, 0.5) is 13.2 Å². The molecule has 0 aliphatic carbocycles. The van der Waals surface area contributed by atoms with Gasteiger partial charge in [0.25, 0.3) is 0 Å². The maximum atomic E-state index is 13.7. The average Bonchev–Trinajstić information content (AvgIpc) is 2.68. The molecule has 0 aromatic heterocycles. The van der Waals surface area contributed by atoms with Gasteiger partial charge in [0.2, 0.25) is 0 Å². The lowest BCUT2D eigenvalue weighted by molar-refractivity contribution is -0.139. The second-order valence-corrected chi connectivity index (χ2v) is 8.70. The summed E-state index contributed by atoms with van der Waals surface area (Å²) in [5.74, 6) is 0.557. The maximum absolute atomic E-state index is 13.7. The van der Waals surface area contributed by atoms with Gasteiger partial charge < -0.3 is 14.2 Å². The van der Waals surface area contributed by atoms with Crippen LogP contribution >= 0.6 is 31.9 Å². The lowest BCUT2D eigenvalue weighted by Gasteiger charge is -2.18. The van der Waals surface area contributed by atoms with Crippen LogP contribution in [0.25, 0.3) is 0 Å². The second kappa shape index (κ2) is 10.0. The Labute approximate surface area is 188 Å². The minimum absolute atomic E-state index is 0.0568. The number of halogens is 5. The first-order valence-electron chi connectivity index (χ1n) is 8.68. The highest BCUT2D eigenvalue weighted by atomic mass is 79.9. The van der Waals surface area contributed by atoms with Crippen molar-refractivity contribution in [2.45, 2.75) is 6.18 Å². The number of benzene rings is 3. The summed E-state index contributed by atoms with van der Waals surface area (Å²) in [6.07, 6.45) is -3.13. The molecule has 0 spiro atoms. The first-order chi connectivity index (χ1) is 14.3. The van der Waals surface area contributed by atoms with Crippen LogP contribution in [-0.2, 0) is 6.18 Å². The molecular formula is C22H15Br2F3O3. The Bertz CT molecular complexity index is 1020. The predicted molar refractivity (Wildman–Crippen MR) is 116 cm³/mol. The van der Waals surface area contributed by atoms with E-state index in [1.54, 1.807) is 30.3 Å². The number of hydrogen-bond acceptors (Lipinski definition) is 3. The van der Waals surface area contributed by atoms with Gasteiger partial charge in [-0.15, -0.1) is 0 Å². The number of rotatable bonds is 7. The first kappa shape index (κ1) is 22.2. The van der Waals surface area contributed by atoms with Gasteiger partial charge >= 0.3 is 6.18 Å². The molecule has 0 amide bonds. The minimum atomic E-state index is -4.67. The van der Waals surface area contributed by atoms with Gasteiger partial charge in [-0.3, -0.25) is 0 Å². The van der Waals surface area contributed by atoms with Crippen LogP contribution in [0.2, 0.25) is 0 Å². The lowest BCUT2D eigenvalue weighted by atomic mass is 10.1. The predicted octanol–water partition coefficient (Wildman–Crippen LogP) is 8.30. The van der Waals surface area contributed by atoms with E-state index in [4.69, 9.17) is 14.2 Å². The summed E-state index contributed by atoms with van der Waals surface area (Å²) in [6.45, 7) is -0.0568. The highest BCUT2D eigenvalue weighted by Crippen LogP contribution is 2.44. The van der Waals surface area contributed by atoms with E-state index in [0.717, 1.165) is 0 Å². The zero-order chi connectivity index (χ0) is 21.6. The van der Waals surface area contributed by atoms with Crippen molar-refractivity contribution in [3.05, 3.63) is 87.8 Å². The van der Waals surface area contributed by atoms with E-state index in [2.05, 4.69) is 31.9 Å². The van der Waals surface area contributed by atoms with Gasteiger partial charge in [-0.05, 0) is 74.3 Å². The van der Waals surface area contributed by atoms with Crippen LogP contribution in [0.15, 0.2) is 82.3 Å². The van der Waals surface area contributed by atoms with Gasteiger partial charge in [-0.1, -0.05) is 30.3 Å². The van der Waals surface area contributed by atoms with Gasteiger partial charge in [0.1, 0.15) is 40.9 Å². The molecule has 0 saturated heterocycles. The Hall–Kier alpha value is -2.45. The first-order valence-corrected chi connectivity index (χ1v) is 10.3. The fourth-order valence-corrected chi connectivity index (χ4v) is 2.81. The van der Waals surface area contributed by atoms with Crippen molar-refractivity contribution in [3.63, 3.8) is 0 Å². The Balaban J connectivity index is 1.87. The van der Waals surface area contributed by atoms with Crippen LogP contribution in [0.5, 0.6) is 28.7 Å². The molecule has 3 rings (SSSR count). The molecule has 30 heavy (non-hydrogen) atoms. The van der Waals surface area contributed by atoms with Gasteiger partial charge in [0.05, 0.1) is 3.39 Å². The summed E-state index contributed by atoms with van der Waals surface area (Å²) in [4.78, 5) is 0. The molecule has 0 radical (unpaired) electrons. The number of ether oxygens (including phenoxy) is 3. The fraction of sp³-hybridized carbons (Fsp3) is 0.0909. The summed E-state index contributed by atoms with van der Waals surface area (Å²) in [7, 11) is 0. The normalized spacial score (nSPS) is 11.0. The molecule has 156 valence electrons. The molecule has 0 aliphatic heterocycles. The lowest BCUT2D eigenvalue weighted by Crippen LogP contribution is -2.10. The molecule has 8 heteroatoms. The summed E-state index contributed by atoms with van der Waals surface area (Å²) in [5, 5.41) is 0. The van der Waals surface area contributed by atoms with Gasteiger partial charge in [-0.2, -0.15) is 13.2 Å². The van der Waals surface area contributed by atoms with E-state index in [1.807, 2.05) is 18.2 Å². The highest BCUT2D eigenvalue weighted by molar-refractivity contribution is 9.28. The van der Waals surface area contributed by atoms with E-state index in [-0.39, 0.29) is 23.9 Å². The molecular weight excluding hydrogens is 529 g/mol. The van der Waals surface area contributed by atoms with Crippen LogP contribution in [-0.4, -0.2) is 6.61 Å². The zero-order valence-corrected chi connectivity index (χ0v) is 18.5. The third-order valence-corrected chi connectivity index (χ3v) is 4.41. The Morgan fingerprint density at radius 3 is 2.03 bits per heavy atom. The van der Waals surface area contributed by atoms with E-state index in [1.165, 1.54) is 30.3 Å². The molecule has 0 unspecified atom stereocenters. The Morgan fingerprint density at radius 2 is 1.37 bits per heavy atom. The quantitative estimate of drug-likeness (QED) is 0.300. The SMILES string of the molecule is FC(F)(F)c1c(OCC=C(Br)Br)cccc1Oc1cccc(Oc2ccccc2)c1. The molecule has 0 saturated carbocycles. The largest absolute Gasteiger partial charge is 0.489 e. The number of alkyl halides is 3. The molecule has 3 nitrogen and oxygen atoms in total.